The van der Waals surface area contributed by atoms with Gasteiger partial charge in [-0.25, -0.2) is 0 Å². The van der Waals surface area contributed by atoms with Crippen LogP contribution in [0, 0.1) is 6.92 Å². The second-order valence-corrected chi connectivity index (χ2v) is 3.50. The highest BCUT2D eigenvalue weighted by molar-refractivity contribution is 5.71. The summed E-state index contributed by atoms with van der Waals surface area (Å²) >= 11 is 0. The molecule has 1 aliphatic rings. The van der Waals surface area contributed by atoms with E-state index in [1.165, 1.54) is 16.8 Å². The predicted octanol–water partition coefficient (Wildman–Crippen LogP) is 2.85. The smallest absolute Gasteiger partial charge is 0.0445 e. The molecule has 2 rings (SSSR count). The number of likely N-dealkylation sites (N-methyl/N-ethyl adjacent to an activating group) is 1. The first-order chi connectivity index (χ1) is 6.31. The lowest BCUT2D eigenvalue weighted by Gasteiger charge is -2.27. The summed E-state index contributed by atoms with van der Waals surface area (Å²) in [6, 6.07) is 6.63. The Labute approximate surface area is 79.7 Å². The average molecular weight is 173 g/mol. The van der Waals surface area contributed by atoms with Crippen molar-refractivity contribution in [2.75, 3.05) is 18.0 Å². The lowest BCUT2D eigenvalue weighted by atomic mass is 10.1. The zero-order valence-corrected chi connectivity index (χ0v) is 8.25. The van der Waals surface area contributed by atoms with Crippen molar-refractivity contribution < 1.29 is 0 Å². The second kappa shape index (κ2) is 3.25. The summed E-state index contributed by atoms with van der Waals surface area (Å²) in [6.07, 6.45) is 4.43. The molecule has 0 spiro atoms. The summed E-state index contributed by atoms with van der Waals surface area (Å²) in [5, 5.41) is 0. The van der Waals surface area contributed by atoms with E-state index in [9.17, 15) is 0 Å². The van der Waals surface area contributed by atoms with Crippen LogP contribution in [0.5, 0.6) is 0 Å². The van der Waals surface area contributed by atoms with Gasteiger partial charge in [0.1, 0.15) is 0 Å². The van der Waals surface area contributed by atoms with Crippen molar-refractivity contribution in [3.63, 3.8) is 0 Å². The molecule has 1 heteroatoms. The van der Waals surface area contributed by atoms with Gasteiger partial charge in [0.25, 0.3) is 0 Å². The second-order valence-electron chi connectivity index (χ2n) is 3.50. The fraction of sp³-hybridized carbons (Fsp3) is 0.333. The van der Waals surface area contributed by atoms with Gasteiger partial charge in [-0.3, -0.25) is 0 Å². The Morgan fingerprint density at radius 2 is 2.23 bits per heavy atom. The molecule has 0 saturated carbocycles. The maximum absolute atomic E-state index is 2.39. The van der Waals surface area contributed by atoms with Crippen molar-refractivity contribution in [3.05, 3.63) is 35.4 Å². The van der Waals surface area contributed by atoms with E-state index >= 15 is 0 Å². The van der Waals surface area contributed by atoms with Gasteiger partial charge in [-0.2, -0.15) is 0 Å². The molecule has 0 bridgehead atoms. The van der Waals surface area contributed by atoms with Gasteiger partial charge in [0.2, 0.25) is 0 Å². The molecule has 0 amide bonds. The number of aryl methyl sites for hydroxylation is 1. The van der Waals surface area contributed by atoms with E-state index < -0.39 is 0 Å². The quantitative estimate of drug-likeness (QED) is 0.631. The summed E-state index contributed by atoms with van der Waals surface area (Å²) in [6.45, 7) is 6.48. The number of hydrogen-bond donors (Lipinski definition) is 0. The minimum absolute atomic E-state index is 1.05. The fourth-order valence-electron chi connectivity index (χ4n) is 1.77. The molecule has 0 unspecified atom stereocenters. The van der Waals surface area contributed by atoms with Crippen LogP contribution in [0.3, 0.4) is 0 Å². The highest BCUT2D eigenvalue weighted by Crippen LogP contribution is 2.26. The highest BCUT2D eigenvalue weighted by atomic mass is 15.1. The SMILES string of the molecule is CCN1CC=Cc2ccc(C)cc21. The van der Waals surface area contributed by atoms with E-state index in [1.807, 2.05) is 0 Å². The van der Waals surface area contributed by atoms with Gasteiger partial charge in [0.15, 0.2) is 0 Å². The molecule has 0 N–H and O–H groups in total. The number of rotatable bonds is 1. The normalized spacial score (nSPS) is 14.5. The first-order valence-electron chi connectivity index (χ1n) is 4.83. The molecule has 0 aromatic heterocycles. The van der Waals surface area contributed by atoms with Crippen LogP contribution in [0.4, 0.5) is 5.69 Å². The van der Waals surface area contributed by atoms with E-state index in [2.05, 4.69) is 49.1 Å². The van der Waals surface area contributed by atoms with Crippen LogP contribution >= 0.6 is 0 Å². The van der Waals surface area contributed by atoms with Gasteiger partial charge in [-0.05, 0) is 31.0 Å². The van der Waals surface area contributed by atoms with E-state index in [4.69, 9.17) is 0 Å². The standard InChI is InChI=1S/C12H15N/c1-3-13-8-4-5-11-7-6-10(2)9-12(11)13/h4-7,9H,3,8H2,1-2H3. The molecule has 0 fully saturated rings. The lowest BCUT2D eigenvalue weighted by molar-refractivity contribution is 0.898. The van der Waals surface area contributed by atoms with Gasteiger partial charge < -0.3 is 4.90 Å². The van der Waals surface area contributed by atoms with Crippen molar-refractivity contribution in [1.29, 1.82) is 0 Å². The largest absolute Gasteiger partial charge is 0.368 e. The Morgan fingerprint density at radius 3 is 3.00 bits per heavy atom. The number of fused-ring (bicyclic) bond motifs is 1. The minimum Gasteiger partial charge on any atom is -0.368 e. The van der Waals surface area contributed by atoms with Crippen molar-refractivity contribution >= 4 is 11.8 Å². The summed E-state index contributed by atoms with van der Waals surface area (Å²) < 4.78 is 0. The topological polar surface area (TPSA) is 3.24 Å². The van der Waals surface area contributed by atoms with Crippen molar-refractivity contribution in [2.45, 2.75) is 13.8 Å². The Hall–Kier alpha value is -1.24. The Bertz CT molecular complexity index is 339. The third kappa shape index (κ3) is 1.46. The molecule has 0 atom stereocenters. The van der Waals surface area contributed by atoms with Crippen LogP contribution in [0.25, 0.3) is 6.08 Å². The molecular weight excluding hydrogens is 158 g/mol. The maximum Gasteiger partial charge on any atom is 0.0445 e. The summed E-state index contributed by atoms with van der Waals surface area (Å²) in [5.41, 5.74) is 4.07. The van der Waals surface area contributed by atoms with Crippen molar-refractivity contribution in [1.82, 2.24) is 0 Å². The molecule has 68 valence electrons. The van der Waals surface area contributed by atoms with Crippen molar-refractivity contribution in [2.24, 2.45) is 0 Å². The molecule has 0 radical (unpaired) electrons. The predicted molar refractivity (Wildman–Crippen MR) is 58.1 cm³/mol. The number of anilines is 1. The van der Waals surface area contributed by atoms with Crippen LogP contribution in [-0.4, -0.2) is 13.1 Å². The van der Waals surface area contributed by atoms with E-state index in [-0.39, 0.29) is 0 Å². The van der Waals surface area contributed by atoms with Crippen LogP contribution in [-0.2, 0) is 0 Å². The van der Waals surface area contributed by atoms with Gasteiger partial charge >= 0.3 is 0 Å². The summed E-state index contributed by atoms with van der Waals surface area (Å²) in [7, 11) is 0. The fourth-order valence-corrected chi connectivity index (χ4v) is 1.77. The zero-order valence-electron chi connectivity index (χ0n) is 8.25. The molecule has 0 saturated heterocycles. The third-order valence-corrected chi connectivity index (χ3v) is 2.53. The number of hydrogen-bond acceptors (Lipinski definition) is 1. The lowest BCUT2D eigenvalue weighted by Crippen LogP contribution is -2.25. The van der Waals surface area contributed by atoms with E-state index in [1.54, 1.807) is 0 Å². The monoisotopic (exact) mass is 173 g/mol. The van der Waals surface area contributed by atoms with Crippen LogP contribution in [0.15, 0.2) is 24.3 Å². The maximum atomic E-state index is 2.39. The summed E-state index contributed by atoms with van der Waals surface area (Å²) in [4.78, 5) is 2.39. The molecule has 1 aliphatic heterocycles. The van der Waals surface area contributed by atoms with Gasteiger partial charge in [0.05, 0.1) is 0 Å². The average Bonchev–Trinajstić information content (AvgIpc) is 2.17. The number of nitrogens with zero attached hydrogens (tertiary/aromatic N) is 1. The Kier molecular flexibility index (Phi) is 2.09. The van der Waals surface area contributed by atoms with E-state index in [0.717, 1.165) is 13.1 Å². The molecule has 0 aliphatic carbocycles. The molecule has 1 nitrogen and oxygen atoms in total. The Balaban J connectivity index is 2.48. The van der Waals surface area contributed by atoms with E-state index in [0.29, 0.717) is 0 Å². The summed E-state index contributed by atoms with van der Waals surface area (Å²) in [5.74, 6) is 0. The first-order valence-corrected chi connectivity index (χ1v) is 4.83. The highest BCUT2D eigenvalue weighted by Gasteiger charge is 2.10. The van der Waals surface area contributed by atoms with Gasteiger partial charge in [-0.1, -0.05) is 24.3 Å². The molecular formula is C12H15N. The zero-order chi connectivity index (χ0) is 9.26. The minimum atomic E-state index is 1.05. The molecule has 1 aromatic rings. The Morgan fingerprint density at radius 1 is 1.38 bits per heavy atom. The van der Waals surface area contributed by atoms with Crippen LogP contribution < -0.4 is 4.90 Å². The first kappa shape index (κ1) is 8.36. The van der Waals surface area contributed by atoms with Gasteiger partial charge in [0, 0.05) is 18.8 Å². The number of benzene rings is 1. The van der Waals surface area contributed by atoms with Crippen LogP contribution in [0.2, 0.25) is 0 Å². The molecule has 1 heterocycles. The van der Waals surface area contributed by atoms with Crippen LogP contribution in [0.1, 0.15) is 18.1 Å². The van der Waals surface area contributed by atoms with Gasteiger partial charge in [-0.15, -0.1) is 0 Å². The molecule has 1 aromatic carbocycles. The molecule has 13 heavy (non-hydrogen) atoms. The third-order valence-electron chi connectivity index (χ3n) is 2.53. The van der Waals surface area contributed by atoms with Crippen molar-refractivity contribution in [3.8, 4) is 0 Å².